The van der Waals surface area contributed by atoms with E-state index in [0.29, 0.717) is 17.8 Å². The number of aromatic nitrogens is 5. The molecule has 1 aliphatic rings. The smallest absolute Gasteiger partial charge is 0.386 e. The number of hydrogen-bond donors (Lipinski definition) is 2. The first-order chi connectivity index (χ1) is 14.7. The van der Waals surface area contributed by atoms with Crippen LogP contribution in [-0.2, 0) is 0 Å². The molecule has 1 atom stereocenters. The Kier molecular flexibility index (Phi) is 5.39. The lowest BCUT2D eigenvalue weighted by Crippen LogP contribution is -2.19. The van der Waals surface area contributed by atoms with Gasteiger partial charge in [0.05, 0.1) is 0 Å². The van der Waals surface area contributed by atoms with E-state index < -0.39 is 29.8 Å². The summed E-state index contributed by atoms with van der Waals surface area (Å²) in [6.45, 7) is 0.785. The second-order valence-corrected chi connectivity index (χ2v) is 6.95. The van der Waals surface area contributed by atoms with Crippen molar-refractivity contribution in [1.29, 1.82) is 0 Å². The molecule has 3 aromatic rings. The van der Waals surface area contributed by atoms with Crippen LogP contribution in [0.15, 0.2) is 41.5 Å². The molecule has 12 heteroatoms. The van der Waals surface area contributed by atoms with Crippen molar-refractivity contribution in [3.63, 3.8) is 0 Å². The van der Waals surface area contributed by atoms with Crippen molar-refractivity contribution >= 4 is 34.5 Å². The van der Waals surface area contributed by atoms with Crippen molar-refractivity contribution in [3.8, 4) is 0 Å². The van der Waals surface area contributed by atoms with Crippen LogP contribution < -0.4 is 5.32 Å². The number of halogens is 4. The Balaban J connectivity index is 1.78. The zero-order chi connectivity index (χ0) is 22.2. The molecule has 3 aromatic heterocycles. The number of nitrogens with one attached hydrogen (secondary N) is 1. The molecule has 0 saturated heterocycles. The van der Waals surface area contributed by atoms with Gasteiger partial charge in [-0.05, 0) is 32.3 Å². The molecule has 0 aliphatic heterocycles. The largest absolute Gasteiger partial charge is 0.429 e. The summed E-state index contributed by atoms with van der Waals surface area (Å²) in [7, 11) is 0. The number of aliphatic hydroxyl groups excluding tert-OH is 1. The number of hydrogen-bond acceptors (Lipinski definition) is 7. The highest BCUT2D eigenvalue weighted by atomic mass is 19.4. The third-order valence-electron chi connectivity index (χ3n) is 4.71. The Hall–Kier alpha value is -3.41. The molecular weight excluding hydrogens is 418 g/mol. The summed E-state index contributed by atoms with van der Waals surface area (Å²) in [5, 5.41) is 12.7. The number of nitrogens with zero attached hydrogens (tertiary/aromatic N) is 6. The summed E-state index contributed by atoms with van der Waals surface area (Å²) in [6.07, 6.45) is 0.0599. The van der Waals surface area contributed by atoms with Crippen LogP contribution in [0.5, 0.6) is 0 Å². The molecule has 4 rings (SSSR count). The first-order valence-corrected chi connectivity index (χ1v) is 9.36. The summed E-state index contributed by atoms with van der Waals surface area (Å²) >= 11 is 0. The van der Waals surface area contributed by atoms with E-state index in [-0.39, 0.29) is 30.2 Å². The average molecular weight is 435 g/mol. The van der Waals surface area contributed by atoms with Crippen molar-refractivity contribution in [2.45, 2.75) is 38.5 Å². The minimum absolute atomic E-state index is 0.0222. The van der Waals surface area contributed by atoms with Crippen LogP contribution in [0.25, 0.3) is 11.2 Å². The van der Waals surface area contributed by atoms with Gasteiger partial charge < -0.3 is 14.8 Å². The predicted octanol–water partition coefficient (Wildman–Crippen LogP) is 4.14. The van der Waals surface area contributed by atoms with E-state index in [9.17, 15) is 22.7 Å². The lowest BCUT2D eigenvalue weighted by Gasteiger charge is -2.19. The third-order valence-corrected chi connectivity index (χ3v) is 4.71. The highest BCUT2D eigenvalue weighted by Gasteiger charge is 2.32. The number of anilines is 2. The van der Waals surface area contributed by atoms with Crippen LogP contribution in [0.1, 0.15) is 32.0 Å². The van der Waals surface area contributed by atoms with Gasteiger partial charge in [-0.2, -0.15) is 28.1 Å². The van der Waals surface area contributed by atoms with Gasteiger partial charge in [-0.3, -0.25) is 0 Å². The summed E-state index contributed by atoms with van der Waals surface area (Å²) < 4.78 is 55.1. The maximum absolute atomic E-state index is 14.5. The van der Waals surface area contributed by atoms with E-state index in [1.165, 1.54) is 0 Å². The van der Waals surface area contributed by atoms with Crippen molar-refractivity contribution in [2.75, 3.05) is 5.32 Å². The van der Waals surface area contributed by atoms with Gasteiger partial charge in [-0.25, -0.2) is 14.4 Å². The molecule has 3 heterocycles. The number of aliphatic hydroxyl groups is 1. The molecule has 1 unspecified atom stereocenters. The number of aliphatic imine (C=N–C) groups is 1. The number of fused-ring (bicyclic) bond motifs is 1. The van der Waals surface area contributed by atoms with Gasteiger partial charge in [0.25, 0.3) is 5.95 Å². The van der Waals surface area contributed by atoms with E-state index in [0.717, 1.165) is 6.92 Å². The first-order valence-electron chi connectivity index (χ1n) is 9.36. The van der Waals surface area contributed by atoms with E-state index in [4.69, 9.17) is 0 Å². The molecule has 162 valence electrons. The summed E-state index contributed by atoms with van der Waals surface area (Å²) in [4.78, 5) is 19.6. The van der Waals surface area contributed by atoms with Crippen molar-refractivity contribution in [1.82, 2.24) is 24.3 Å². The molecule has 1 aliphatic carbocycles. The van der Waals surface area contributed by atoms with Gasteiger partial charge in [0, 0.05) is 35.9 Å². The lowest BCUT2D eigenvalue weighted by atomic mass is 9.96. The zero-order valence-electron chi connectivity index (χ0n) is 16.2. The SMILES string of the molecule is CC(=Nc1nc(Nc2ccn3ccnc3c2)nc(C2=C(F)C(O)CCC2)n1)C(F)(F)F. The van der Waals surface area contributed by atoms with Crippen molar-refractivity contribution in [3.05, 3.63) is 42.4 Å². The van der Waals surface area contributed by atoms with Crippen molar-refractivity contribution < 1.29 is 22.7 Å². The van der Waals surface area contributed by atoms with Gasteiger partial charge >= 0.3 is 6.18 Å². The Morgan fingerprint density at radius 1 is 1.26 bits per heavy atom. The number of rotatable bonds is 4. The monoisotopic (exact) mass is 435 g/mol. The second kappa shape index (κ2) is 8.02. The average Bonchev–Trinajstić information content (AvgIpc) is 3.17. The standard InChI is InChI=1S/C19H17F4N7O/c1-10(19(21,22)23)25-17-27-16(12-3-2-4-13(31)15(12)20)28-18(29-17)26-11-5-7-30-8-6-24-14(30)9-11/h5-9,13,31H,2-4H2,1H3,(H,26,27,28,29). The van der Waals surface area contributed by atoms with E-state index in [1.54, 1.807) is 35.1 Å². The number of alkyl halides is 3. The second-order valence-electron chi connectivity index (χ2n) is 6.95. The zero-order valence-corrected chi connectivity index (χ0v) is 16.2. The molecule has 0 radical (unpaired) electrons. The molecule has 0 spiro atoms. The van der Waals surface area contributed by atoms with E-state index >= 15 is 0 Å². The maximum atomic E-state index is 14.5. The van der Waals surface area contributed by atoms with Crippen LogP contribution in [0.2, 0.25) is 0 Å². The Morgan fingerprint density at radius 3 is 2.84 bits per heavy atom. The normalized spacial score (nSPS) is 18.0. The van der Waals surface area contributed by atoms with Gasteiger partial charge in [0.1, 0.15) is 23.3 Å². The molecule has 31 heavy (non-hydrogen) atoms. The predicted molar refractivity (Wildman–Crippen MR) is 105 cm³/mol. The third kappa shape index (κ3) is 4.53. The molecule has 2 N–H and O–H groups in total. The summed E-state index contributed by atoms with van der Waals surface area (Å²) in [5.41, 5.74) is -0.00685. The topological polar surface area (TPSA) is 101 Å². The molecule has 0 aromatic carbocycles. The van der Waals surface area contributed by atoms with Crippen LogP contribution in [0, 0.1) is 0 Å². The fourth-order valence-electron chi connectivity index (χ4n) is 3.07. The Morgan fingerprint density at radius 2 is 2.06 bits per heavy atom. The number of allylic oxidation sites excluding steroid dienone is 1. The van der Waals surface area contributed by atoms with Crippen LogP contribution in [0.3, 0.4) is 0 Å². The minimum Gasteiger partial charge on any atom is -0.386 e. The Labute approximate surface area is 173 Å². The maximum Gasteiger partial charge on any atom is 0.429 e. The summed E-state index contributed by atoms with van der Waals surface area (Å²) in [6, 6.07) is 3.36. The van der Waals surface area contributed by atoms with E-state index in [2.05, 4.69) is 30.2 Å². The van der Waals surface area contributed by atoms with Gasteiger partial charge in [-0.15, -0.1) is 0 Å². The van der Waals surface area contributed by atoms with E-state index in [1.807, 2.05) is 0 Å². The fraction of sp³-hybridized carbons (Fsp3) is 0.316. The van der Waals surface area contributed by atoms with Crippen LogP contribution >= 0.6 is 0 Å². The highest BCUT2D eigenvalue weighted by Crippen LogP contribution is 2.33. The highest BCUT2D eigenvalue weighted by molar-refractivity contribution is 5.89. The first kappa shape index (κ1) is 20.8. The lowest BCUT2D eigenvalue weighted by molar-refractivity contribution is -0.0591. The molecule has 8 nitrogen and oxygen atoms in total. The fourth-order valence-corrected chi connectivity index (χ4v) is 3.07. The molecule has 0 saturated carbocycles. The Bertz CT molecular complexity index is 1190. The molecule has 0 amide bonds. The number of imidazole rings is 1. The van der Waals surface area contributed by atoms with Crippen molar-refractivity contribution in [2.24, 2.45) is 4.99 Å². The van der Waals surface area contributed by atoms with Gasteiger partial charge in [0.2, 0.25) is 5.95 Å². The van der Waals surface area contributed by atoms with Crippen LogP contribution in [0.4, 0.5) is 35.1 Å². The molecule has 0 bridgehead atoms. The quantitative estimate of drug-likeness (QED) is 0.472. The molecular formula is C19H17F4N7O. The van der Waals surface area contributed by atoms with Gasteiger partial charge in [0.15, 0.2) is 5.82 Å². The summed E-state index contributed by atoms with van der Waals surface area (Å²) in [5.74, 6) is -1.62. The van der Waals surface area contributed by atoms with Crippen LogP contribution in [-0.4, -0.2) is 47.4 Å². The van der Waals surface area contributed by atoms with Gasteiger partial charge in [-0.1, -0.05) is 0 Å². The number of pyridine rings is 1. The molecule has 0 fully saturated rings. The minimum atomic E-state index is -4.67.